The van der Waals surface area contributed by atoms with Crippen LogP contribution in [0.5, 0.6) is 0 Å². The van der Waals surface area contributed by atoms with Crippen LogP contribution in [-0.4, -0.2) is 39.6 Å². The molecule has 0 atom stereocenters. The summed E-state index contributed by atoms with van der Waals surface area (Å²) in [7, 11) is 0. The third-order valence-electron chi connectivity index (χ3n) is 3.17. The number of rotatable bonds is 4. The Labute approximate surface area is 109 Å². The quantitative estimate of drug-likeness (QED) is 0.901. The summed E-state index contributed by atoms with van der Waals surface area (Å²) in [6, 6.07) is 0. The zero-order chi connectivity index (χ0) is 12.4. The Kier molecular flexibility index (Phi) is 3.53. The SMILES string of the molecule is CCNCc1nn2c(C3CCOCC3)nnc2s1. The number of nitrogens with one attached hydrogen (secondary N) is 1. The molecule has 0 amide bonds. The van der Waals surface area contributed by atoms with Gasteiger partial charge in [0.05, 0.1) is 0 Å². The predicted octanol–water partition coefficient (Wildman–Crippen LogP) is 1.19. The van der Waals surface area contributed by atoms with Crippen molar-refractivity contribution >= 4 is 16.3 Å². The van der Waals surface area contributed by atoms with Gasteiger partial charge in [-0.2, -0.15) is 9.61 Å². The second-order valence-electron chi connectivity index (χ2n) is 4.42. The molecule has 0 unspecified atom stereocenters. The van der Waals surface area contributed by atoms with Crippen LogP contribution in [0.3, 0.4) is 0 Å². The van der Waals surface area contributed by atoms with Crippen molar-refractivity contribution in [3.05, 3.63) is 10.8 Å². The average molecular weight is 267 g/mol. The van der Waals surface area contributed by atoms with E-state index in [1.54, 1.807) is 11.3 Å². The number of hydrogen-bond acceptors (Lipinski definition) is 6. The molecule has 1 N–H and O–H groups in total. The van der Waals surface area contributed by atoms with Gasteiger partial charge in [-0.1, -0.05) is 18.3 Å². The third-order valence-corrected chi connectivity index (χ3v) is 4.07. The summed E-state index contributed by atoms with van der Waals surface area (Å²) in [6.45, 7) is 5.47. The van der Waals surface area contributed by atoms with E-state index < -0.39 is 0 Å². The van der Waals surface area contributed by atoms with Crippen molar-refractivity contribution in [2.24, 2.45) is 0 Å². The molecule has 1 aliphatic heterocycles. The first kappa shape index (κ1) is 12.0. The number of aromatic nitrogens is 4. The summed E-state index contributed by atoms with van der Waals surface area (Å²) < 4.78 is 7.29. The van der Waals surface area contributed by atoms with Crippen LogP contribution < -0.4 is 5.32 Å². The fourth-order valence-corrected chi connectivity index (χ4v) is 3.00. The Morgan fingerprint density at radius 1 is 1.39 bits per heavy atom. The van der Waals surface area contributed by atoms with Crippen LogP contribution in [0.4, 0.5) is 0 Å². The van der Waals surface area contributed by atoms with Crippen molar-refractivity contribution in [1.82, 2.24) is 25.1 Å². The van der Waals surface area contributed by atoms with Gasteiger partial charge < -0.3 is 10.1 Å². The maximum Gasteiger partial charge on any atom is 0.234 e. The molecule has 0 radical (unpaired) electrons. The highest BCUT2D eigenvalue weighted by Gasteiger charge is 2.23. The molecule has 7 heteroatoms. The van der Waals surface area contributed by atoms with Crippen LogP contribution in [0.1, 0.15) is 36.5 Å². The van der Waals surface area contributed by atoms with Crippen LogP contribution in [0.25, 0.3) is 4.96 Å². The second kappa shape index (κ2) is 5.29. The first-order valence-electron chi connectivity index (χ1n) is 6.38. The van der Waals surface area contributed by atoms with Crippen molar-refractivity contribution in [2.45, 2.75) is 32.2 Å². The lowest BCUT2D eigenvalue weighted by atomic mass is 10.00. The van der Waals surface area contributed by atoms with E-state index in [2.05, 4.69) is 27.5 Å². The van der Waals surface area contributed by atoms with E-state index in [1.165, 1.54) is 0 Å². The molecule has 0 aliphatic carbocycles. The predicted molar refractivity (Wildman–Crippen MR) is 68.8 cm³/mol. The molecule has 0 bridgehead atoms. The minimum Gasteiger partial charge on any atom is -0.381 e. The molecule has 0 spiro atoms. The number of ether oxygens (including phenoxy) is 1. The van der Waals surface area contributed by atoms with Crippen LogP contribution >= 0.6 is 11.3 Å². The Hall–Kier alpha value is -1.05. The van der Waals surface area contributed by atoms with E-state index in [1.807, 2.05) is 4.52 Å². The molecule has 98 valence electrons. The van der Waals surface area contributed by atoms with E-state index in [0.717, 1.165) is 54.9 Å². The van der Waals surface area contributed by atoms with Gasteiger partial charge >= 0.3 is 0 Å². The number of nitrogens with zero attached hydrogens (tertiary/aromatic N) is 4. The number of fused-ring (bicyclic) bond motifs is 1. The minimum atomic E-state index is 0.433. The molecule has 6 nitrogen and oxygen atoms in total. The Morgan fingerprint density at radius 2 is 2.22 bits per heavy atom. The molecule has 1 saturated heterocycles. The second-order valence-corrected chi connectivity index (χ2v) is 5.46. The highest BCUT2D eigenvalue weighted by Crippen LogP contribution is 2.26. The Balaban J connectivity index is 1.85. The zero-order valence-electron chi connectivity index (χ0n) is 10.4. The summed E-state index contributed by atoms with van der Waals surface area (Å²) >= 11 is 1.61. The molecule has 3 heterocycles. The highest BCUT2D eigenvalue weighted by atomic mass is 32.1. The first-order valence-corrected chi connectivity index (χ1v) is 7.19. The zero-order valence-corrected chi connectivity index (χ0v) is 11.2. The molecule has 18 heavy (non-hydrogen) atoms. The molecule has 0 aromatic carbocycles. The van der Waals surface area contributed by atoms with Crippen molar-refractivity contribution in [1.29, 1.82) is 0 Å². The van der Waals surface area contributed by atoms with E-state index >= 15 is 0 Å². The molecule has 0 saturated carbocycles. The maximum atomic E-state index is 5.38. The summed E-state index contributed by atoms with van der Waals surface area (Å²) in [5.74, 6) is 1.43. The largest absolute Gasteiger partial charge is 0.381 e. The monoisotopic (exact) mass is 267 g/mol. The smallest absolute Gasteiger partial charge is 0.234 e. The van der Waals surface area contributed by atoms with Gasteiger partial charge in [0.15, 0.2) is 5.82 Å². The van der Waals surface area contributed by atoms with E-state index in [-0.39, 0.29) is 0 Å². The lowest BCUT2D eigenvalue weighted by Gasteiger charge is -2.19. The van der Waals surface area contributed by atoms with Crippen LogP contribution in [0.15, 0.2) is 0 Å². The Bertz CT molecular complexity index is 516. The van der Waals surface area contributed by atoms with E-state index in [4.69, 9.17) is 4.74 Å². The molecular weight excluding hydrogens is 250 g/mol. The lowest BCUT2D eigenvalue weighted by Crippen LogP contribution is -2.17. The fraction of sp³-hybridized carbons (Fsp3) is 0.727. The van der Waals surface area contributed by atoms with E-state index in [0.29, 0.717) is 5.92 Å². The normalized spacial score (nSPS) is 17.6. The van der Waals surface area contributed by atoms with Crippen LogP contribution in [-0.2, 0) is 11.3 Å². The van der Waals surface area contributed by atoms with Gasteiger partial charge in [-0.25, -0.2) is 0 Å². The van der Waals surface area contributed by atoms with Gasteiger partial charge in [0.1, 0.15) is 5.01 Å². The van der Waals surface area contributed by atoms with Crippen molar-refractivity contribution in [2.75, 3.05) is 19.8 Å². The van der Waals surface area contributed by atoms with Gasteiger partial charge in [-0.15, -0.1) is 10.2 Å². The Morgan fingerprint density at radius 3 is 3.00 bits per heavy atom. The van der Waals surface area contributed by atoms with Crippen molar-refractivity contribution in [3.63, 3.8) is 0 Å². The van der Waals surface area contributed by atoms with Crippen molar-refractivity contribution in [3.8, 4) is 0 Å². The van der Waals surface area contributed by atoms with Crippen LogP contribution in [0.2, 0.25) is 0 Å². The molecule has 1 fully saturated rings. The molecule has 2 aromatic heterocycles. The molecular formula is C11H17N5OS. The first-order chi connectivity index (χ1) is 8.88. The van der Waals surface area contributed by atoms with Gasteiger partial charge in [0.25, 0.3) is 0 Å². The van der Waals surface area contributed by atoms with Gasteiger partial charge in [0, 0.05) is 25.7 Å². The fourth-order valence-electron chi connectivity index (χ4n) is 2.19. The average Bonchev–Trinajstić information content (AvgIpc) is 2.96. The summed E-state index contributed by atoms with van der Waals surface area (Å²) in [4.78, 5) is 0.893. The summed E-state index contributed by atoms with van der Waals surface area (Å²) in [5.41, 5.74) is 0. The van der Waals surface area contributed by atoms with E-state index in [9.17, 15) is 0 Å². The topological polar surface area (TPSA) is 64.3 Å². The minimum absolute atomic E-state index is 0.433. The molecule has 2 aromatic rings. The highest BCUT2D eigenvalue weighted by molar-refractivity contribution is 7.16. The maximum absolute atomic E-state index is 5.38. The van der Waals surface area contributed by atoms with Crippen molar-refractivity contribution < 1.29 is 4.74 Å². The standard InChI is InChI=1S/C11H17N5OS/c1-2-12-7-9-15-16-10(13-14-11(16)18-9)8-3-5-17-6-4-8/h8,12H,2-7H2,1H3. The van der Waals surface area contributed by atoms with Gasteiger partial charge in [-0.3, -0.25) is 0 Å². The summed E-state index contributed by atoms with van der Waals surface area (Å²) in [5, 5.41) is 17.4. The van der Waals surface area contributed by atoms with Crippen LogP contribution in [0, 0.1) is 0 Å². The lowest BCUT2D eigenvalue weighted by molar-refractivity contribution is 0.0831. The third kappa shape index (κ3) is 2.25. The van der Waals surface area contributed by atoms with Gasteiger partial charge in [-0.05, 0) is 19.4 Å². The molecule has 1 aliphatic rings. The van der Waals surface area contributed by atoms with Gasteiger partial charge in [0.2, 0.25) is 4.96 Å². The summed E-state index contributed by atoms with van der Waals surface area (Å²) in [6.07, 6.45) is 2.03. The molecule has 3 rings (SSSR count). The number of hydrogen-bond donors (Lipinski definition) is 1.